The maximum Gasteiger partial charge on any atom is 0.140 e. The van der Waals surface area contributed by atoms with E-state index >= 15 is 0 Å². The molecule has 1 saturated heterocycles. The van der Waals surface area contributed by atoms with Gasteiger partial charge in [-0.3, -0.25) is 20.6 Å². The van der Waals surface area contributed by atoms with Crippen molar-refractivity contribution in [3.8, 4) is 0 Å². The van der Waals surface area contributed by atoms with E-state index in [1.165, 1.54) is 24.9 Å². The molecule has 2 atom stereocenters. The predicted octanol–water partition coefficient (Wildman–Crippen LogP) is 2.66. The van der Waals surface area contributed by atoms with Crippen LogP contribution in [0.2, 0.25) is 10.0 Å². The van der Waals surface area contributed by atoms with Gasteiger partial charge in [0, 0.05) is 55.1 Å². The van der Waals surface area contributed by atoms with Crippen LogP contribution in [0.5, 0.6) is 0 Å². The van der Waals surface area contributed by atoms with Crippen molar-refractivity contribution in [1.29, 1.82) is 5.41 Å². The molecule has 4 N–H and O–H groups in total. The van der Waals surface area contributed by atoms with Gasteiger partial charge in [0.1, 0.15) is 6.17 Å². The van der Waals surface area contributed by atoms with Crippen LogP contribution in [0.15, 0.2) is 40.8 Å². The highest BCUT2D eigenvalue weighted by atomic mass is 35.5. The molecule has 1 aromatic rings. The van der Waals surface area contributed by atoms with Gasteiger partial charge < -0.3 is 15.5 Å². The van der Waals surface area contributed by atoms with Crippen LogP contribution < -0.4 is 16.0 Å². The summed E-state index contributed by atoms with van der Waals surface area (Å²) in [5.41, 5.74) is 4.32. The first-order valence-electron chi connectivity index (χ1n) is 10.3. The van der Waals surface area contributed by atoms with E-state index < -0.39 is 0 Å². The van der Waals surface area contributed by atoms with Crippen molar-refractivity contribution in [2.75, 3.05) is 26.2 Å². The Morgan fingerprint density at radius 3 is 2.93 bits per heavy atom. The average Bonchev–Trinajstić information content (AvgIpc) is 3.52. The molecule has 3 aliphatic heterocycles. The summed E-state index contributed by atoms with van der Waals surface area (Å²) in [5, 5.41) is 18.7. The van der Waals surface area contributed by atoms with Crippen molar-refractivity contribution in [1.82, 2.24) is 25.8 Å². The number of nitrogens with one attached hydrogen (secondary N) is 4. The predicted molar refractivity (Wildman–Crippen MR) is 122 cm³/mol. The summed E-state index contributed by atoms with van der Waals surface area (Å²) >= 11 is 12.7. The molecule has 1 aliphatic carbocycles. The number of fused-ring (bicyclic) bond motifs is 1. The molecule has 0 spiro atoms. The van der Waals surface area contributed by atoms with Gasteiger partial charge in [0.2, 0.25) is 0 Å². The molecule has 0 amide bonds. The molecule has 3 heterocycles. The Morgan fingerprint density at radius 2 is 2.17 bits per heavy atom. The highest BCUT2D eigenvalue weighted by Gasteiger charge is 2.37. The summed E-state index contributed by atoms with van der Waals surface area (Å²) in [4.78, 5) is 9.42. The number of rotatable bonds is 6. The van der Waals surface area contributed by atoms with Crippen molar-refractivity contribution >= 4 is 41.5 Å². The van der Waals surface area contributed by atoms with Gasteiger partial charge in [-0.15, -0.1) is 0 Å². The molecule has 158 valence electrons. The molecule has 9 heteroatoms. The van der Waals surface area contributed by atoms with E-state index in [9.17, 15) is 0 Å². The normalized spacial score (nSPS) is 26.3. The van der Waals surface area contributed by atoms with E-state index in [1.807, 2.05) is 18.3 Å². The van der Waals surface area contributed by atoms with Gasteiger partial charge in [0.05, 0.1) is 34.6 Å². The fraction of sp³-hybridized carbons (Fsp3) is 0.429. The molecule has 0 radical (unpaired) electrons. The lowest BCUT2D eigenvalue weighted by Crippen LogP contribution is -2.57. The van der Waals surface area contributed by atoms with Gasteiger partial charge in [0.15, 0.2) is 0 Å². The minimum atomic E-state index is -0.0114. The number of benzene rings is 1. The van der Waals surface area contributed by atoms with Crippen LogP contribution in [-0.2, 0) is 0 Å². The molecule has 2 unspecified atom stereocenters. The third kappa shape index (κ3) is 3.95. The summed E-state index contributed by atoms with van der Waals surface area (Å²) in [6.45, 7) is 3.40. The van der Waals surface area contributed by atoms with Crippen molar-refractivity contribution in [3.63, 3.8) is 0 Å². The van der Waals surface area contributed by atoms with Gasteiger partial charge in [-0.2, -0.15) is 0 Å². The third-order valence-corrected chi connectivity index (χ3v) is 6.49. The number of hydrogen-bond acceptors (Lipinski definition) is 6. The van der Waals surface area contributed by atoms with Crippen molar-refractivity contribution in [2.45, 2.75) is 25.2 Å². The van der Waals surface area contributed by atoms with E-state index in [4.69, 9.17) is 33.6 Å². The summed E-state index contributed by atoms with van der Waals surface area (Å²) in [5.74, 6) is 0.590. The topological polar surface area (TPSA) is 78.8 Å². The maximum absolute atomic E-state index is 7.33. The number of halogens is 2. The molecule has 0 bridgehead atoms. The SMILES string of the molecule is N=CNC1CN(CC2=C(c3ccc(Cl)cc3Cl)NC3C=NC(C4CC4)=CN23)CCN1. The third-order valence-electron chi connectivity index (χ3n) is 5.94. The summed E-state index contributed by atoms with van der Waals surface area (Å²) in [7, 11) is 0. The van der Waals surface area contributed by atoms with Crippen molar-refractivity contribution in [2.24, 2.45) is 10.9 Å². The van der Waals surface area contributed by atoms with Crippen LogP contribution in [0.1, 0.15) is 18.4 Å². The van der Waals surface area contributed by atoms with E-state index in [0.29, 0.717) is 16.0 Å². The van der Waals surface area contributed by atoms with Gasteiger partial charge in [-0.1, -0.05) is 23.2 Å². The minimum Gasteiger partial charge on any atom is -0.360 e. The first kappa shape index (κ1) is 19.9. The van der Waals surface area contributed by atoms with Gasteiger partial charge >= 0.3 is 0 Å². The Kier molecular flexibility index (Phi) is 5.45. The Bertz CT molecular complexity index is 937. The summed E-state index contributed by atoms with van der Waals surface area (Å²) in [6, 6.07) is 5.64. The molecule has 1 saturated carbocycles. The number of aliphatic imine (C=N–C) groups is 1. The largest absolute Gasteiger partial charge is 0.360 e. The highest BCUT2D eigenvalue weighted by Crippen LogP contribution is 2.41. The minimum absolute atomic E-state index is 0.0114. The zero-order chi connectivity index (χ0) is 20.7. The lowest BCUT2D eigenvalue weighted by atomic mass is 10.1. The molecule has 7 nitrogen and oxygen atoms in total. The van der Waals surface area contributed by atoms with Crippen LogP contribution in [-0.4, -0.2) is 60.9 Å². The van der Waals surface area contributed by atoms with Crippen LogP contribution in [0.4, 0.5) is 0 Å². The lowest BCUT2D eigenvalue weighted by Gasteiger charge is -2.35. The average molecular weight is 446 g/mol. The zero-order valence-corrected chi connectivity index (χ0v) is 18.0. The van der Waals surface area contributed by atoms with Crippen molar-refractivity contribution < 1.29 is 0 Å². The Hall–Kier alpha value is -2.06. The molecular weight excluding hydrogens is 421 g/mol. The molecule has 1 aromatic carbocycles. The molecule has 4 aliphatic rings. The Balaban J connectivity index is 1.48. The zero-order valence-electron chi connectivity index (χ0n) is 16.5. The van der Waals surface area contributed by atoms with E-state index in [-0.39, 0.29) is 12.3 Å². The molecule has 5 rings (SSSR count). The second-order valence-electron chi connectivity index (χ2n) is 8.10. The molecule has 30 heavy (non-hydrogen) atoms. The standard InChI is InChI=1S/C21H25Cl2N7/c22-14-3-4-15(16(23)7-14)21-18(10-29-6-5-25-19(11-29)27-12-24)30-9-17(13-1-2-13)26-8-20(30)28-21/h3-4,7-9,12-13,19-20,25,28H,1-2,5-6,10-11H2,(H2,24,27). The Labute approximate surface area is 186 Å². The van der Waals surface area contributed by atoms with Crippen LogP contribution in [0.25, 0.3) is 5.70 Å². The van der Waals surface area contributed by atoms with Crippen LogP contribution >= 0.6 is 23.2 Å². The second kappa shape index (κ2) is 8.23. The van der Waals surface area contributed by atoms with E-state index in [1.54, 1.807) is 6.07 Å². The van der Waals surface area contributed by atoms with Gasteiger partial charge in [0.25, 0.3) is 0 Å². The molecule has 2 fully saturated rings. The maximum atomic E-state index is 7.33. The van der Waals surface area contributed by atoms with Gasteiger partial charge in [-0.05, 0) is 31.0 Å². The highest BCUT2D eigenvalue weighted by molar-refractivity contribution is 6.35. The number of hydrogen-bond donors (Lipinski definition) is 4. The number of nitrogens with zero attached hydrogens (tertiary/aromatic N) is 3. The van der Waals surface area contributed by atoms with Gasteiger partial charge in [-0.25, -0.2) is 0 Å². The quantitative estimate of drug-likeness (QED) is 0.399. The first-order chi connectivity index (χ1) is 14.6. The smallest absolute Gasteiger partial charge is 0.140 e. The second-order valence-corrected chi connectivity index (χ2v) is 8.95. The fourth-order valence-electron chi connectivity index (χ4n) is 4.25. The number of allylic oxidation sites excluding steroid dienone is 1. The summed E-state index contributed by atoms with van der Waals surface area (Å²) in [6.07, 6.45) is 7.96. The number of piperazine rings is 1. The molecule has 0 aromatic heterocycles. The monoisotopic (exact) mass is 445 g/mol. The van der Waals surface area contributed by atoms with Crippen LogP contribution in [0.3, 0.4) is 0 Å². The fourth-order valence-corrected chi connectivity index (χ4v) is 4.76. The van der Waals surface area contributed by atoms with E-state index in [0.717, 1.165) is 43.1 Å². The van der Waals surface area contributed by atoms with Crippen molar-refractivity contribution in [3.05, 3.63) is 51.4 Å². The first-order valence-corrected chi connectivity index (χ1v) is 11.1. The van der Waals surface area contributed by atoms with Crippen LogP contribution in [0, 0.1) is 11.3 Å². The lowest BCUT2D eigenvalue weighted by molar-refractivity contribution is 0.196. The van der Waals surface area contributed by atoms with E-state index in [2.05, 4.69) is 32.0 Å². The summed E-state index contributed by atoms with van der Waals surface area (Å²) < 4.78 is 0. The molecular formula is C21H25Cl2N7. The Morgan fingerprint density at radius 1 is 1.30 bits per heavy atom.